The molecule has 1 amide bonds. The predicted molar refractivity (Wildman–Crippen MR) is 91.4 cm³/mol. The Hall–Kier alpha value is -3.56. The summed E-state index contributed by atoms with van der Waals surface area (Å²) < 4.78 is 34.0. The normalized spacial score (nSPS) is 10.8. The van der Waals surface area contributed by atoms with E-state index in [4.69, 9.17) is 4.74 Å². The van der Waals surface area contributed by atoms with E-state index >= 15 is 0 Å². The molecule has 1 N–H and O–H groups in total. The number of rotatable bonds is 8. The molecule has 1 aromatic heterocycles. The average Bonchev–Trinajstić information content (AvgIpc) is 2.65. The van der Waals surface area contributed by atoms with Crippen LogP contribution in [0.25, 0.3) is 6.08 Å². The first-order valence-corrected chi connectivity index (χ1v) is 7.57. The van der Waals surface area contributed by atoms with Crippen molar-refractivity contribution in [3.05, 3.63) is 64.0 Å². The van der Waals surface area contributed by atoms with Crippen molar-refractivity contribution in [2.24, 2.45) is 0 Å². The molecular weight excluding hydrogens is 364 g/mol. The lowest BCUT2D eigenvalue weighted by atomic mass is 10.1. The van der Waals surface area contributed by atoms with Gasteiger partial charge in [0.2, 0.25) is 5.91 Å². The van der Waals surface area contributed by atoms with E-state index in [1.165, 1.54) is 13.2 Å². The summed E-state index contributed by atoms with van der Waals surface area (Å²) in [7, 11) is 1.20. The predicted octanol–water partition coefficient (Wildman–Crippen LogP) is 2.93. The van der Waals surface area contributed by atoms with Gasteiger partial charge >= 0.3 is 6.61 Å². The van der Waals surface area contributed by atoms with Gasteiger partial charge in [-0.05, 0) is 24.3 Å². The lowest BCUT2D eigenvalue weighted by Crippen LogP contribution is -2.20. The second-order valence-electron chi connectivity index (χ2n) is 5.07. The highest BCUT2D eigenvalue weighted by Gasteiger charge is 2.20. The molecule has 0 spiro atoms. The van der Waals surface area contributed by atoms with Crippen molar-refractivity contribution < 1.29 is 28.0 Å². The first kappa shape index (κ1) is 19.8. The largest absolute Gasteiger partial charge is 0.493 e. The number of nitrogens with zero attached hydrogens (tertiary/aromatic N) is 2. The second kappa shape index (κ2) is 9.22. The first-order chi connectivity index (χ1) is 12.9. The fourth-order valence-corrected chi connectivity index (χ4v) is 2.11. The molecule has 8 nitrogen and oxygen atoms in total. The minimum atomic E-state index is -3.17. The summed E-state index contributed by atoms with van der Waals surface area (Å²) in [5.74, 6) is -1.12. The van der Waals surface area contributed by atoms with Gasteiger partial charge in [-0.25, -0.2) is 0 Å². The first-order valence-electron chi connectivity index (χ1n) is 7.57. The number of amides is 1. The van der Waals surface area contributed by atoms with Gasteiger partial charge in [-0.15, -0.1) is 0 Å². The zero-order chi connectivity index (χ0) is 19.8. The number of carbonyl (C=O) groups excluding carboxylic acids is 1. The lowest BCUT2D eigenvalue weighted by molar-refractivity contribution is -0.385. The van der Waals surface area contributed by atoms with E-state index < -0.39 is 28.9 Å². The van der Waals surface area contributed by atoms with Gasteiger partial charge in [0.05, 0.1) is 35.9 Å². The Morgan fingerprint density at radius 2 is 2.15 bits per heavy atom. The molecule has 0 aliphatic heterocycles. The van der Waals surface area contributed by atoms with Crippen molar-refractivity contribution in [3.63, 3.8) is 0 Å². The maximum atomic E-state index is 12.4. The van der Waals surface area contributed by atoms with Crippen LogP contribution in [-0.4, -0.2) is 29.5 Å². The lowest BCUT2D eigenvalue weighted by Gasteiger charge is -2.10. The molecule has 0 aliphatic carbocycles. The van der Waals surface area contributed by atoms with E-state index in [-0.39, 0.29) is 17.9 Å². The van der Waals surface area contributed by atoms with Gasteiger partial charge in [0, 0.05) is 12.3 Å². The highest BCUT2D eigenvalue weighted by Crippen LogP contribution is 2.36. The molecule has 27 heavy (non-hydrogen) atoms. The molecule has 2 rings (SSSR count). The molecule has 0 saturated carbocycles. The van der Waals surface area contributed by atoms with Crippen molar-refractivity contribution >= 4 is 17.7 Å². The highest BCUT2D eigenvalue weighted by atomic mass is 19.3. The quantitative estimate of drug-likeness (QED) is 0.430. The monoisotopic (exact) mass is 379 g/mol. The number of benzene rings is 1. The average molecular weight is 379 g/mol. The summed E-state index contributed by atoms with van der Waals surface area (Å²) in [5.41, 5.74) is 0.118. The van der Waals surface area contributed by atoms with E-state index in [2.05, 4.69) is 15.0 Å². The maximum Gasteiger partial charge on any atom is 0.387 e. The number of ether oxygens (including phenoxy) is 2. The topological polar surface area (TPSA) is 104 Å². The zero-order valence-corrected chi connectivity index (χ0v) is 14.1. The van der Waals surface area contributed by atoms with Gasteiger partial charge in [-0.1, -0.05) is 6.07 Å². The highest BCUT2D eigenvalue weighted by molar-refractivity contribution is 5.92. The van der Waals surface area contributed by atoms with Crippen LogP contribution in [0.4, 0.5) is 14.5 Å². The number of methoxy groups -OCH3 is 1. The van der Waals surface area contributed by atoms with Crippen LogP contribution in [0.3, 0.4) is 0 Å². The van der Waals surface area contributed by atoms with Gasteiger partial charge in [0.1, 0.15) is 0 Å². The minimum absolute atomic E-state index is 0.00791. The standard InChI is InChI=1S/C17H15F2N3O5/c1-26-14-8-11(13(22(24)25)9-15(14)27-17(18)19)5-6-16(23)21-10-12-4-2-3-7-20-12/h2-9,17H,10H2,1H3,(H,21,23)/b6-5+. The maximum absolute atomic E-state index is 12.4. The molecule has 0 radical (unpaired) electrons. The van der Waals surface area contributed by atoms with Crippen LogP contribution in [-0.2, 0) is 11.3 Å². The number of aromatic nitrogens is 1. The molecular formula is C17H15F2N3O5. The number of hydrogen-bond donors (Lipinski definition) is 1. The number of nitro groups is 1. The number of nitrogens with one attached hydrogen (secondary N) is 1. The van der Waals surface area contributed by atoms with Gasteiger partial charge in [0.15, 0.2) is 11.5 Å². The number of alkyl halides is 2. The van der Waals surface area contributed by atoms with Crippen molar-refractivity contribution in [1.82, 2.24) is 10.3 Å². The summed E-state index contributed by atoms with van der Waals surface area (Å²) in [5, 5.41) is 13.8. The summed E-state index contributed by atoms with van der Waals surface area (Å²) in [4.78, 5) is 26.3. The Labute approximate surface area is 152 Å². The van der Waals surface area contributed by atoms with Crippen LogP contribution < -0.4 is 14.8 Å². The Balaban J connectivity index is 2.19. The van der Waals surface area contributed by atoms with E-state index in [1.54, 1.807) is 24.4 Å². The molecule has 1 heterocycles. The molecule has 2 aromatic rings. The summed E-state index contributed by atoms with van der Waals surface area (Å²) >= 11 is 0. The SMILES string of the molecule is COc1cc(/C=C/C(=O)NCc2ccccn2)c([N+](=O)[O-])cc1OC(F)F. The number of hydrogen-bond acceptors (Lipinski definition) is 6. The van der Waals surface area contributed by atoms with E-state index in [1.807, 2.05) is 0 Å². The van der Waals surface area contributed by atoms with Gasteiger partial charge < -0.3 is 14.8 Å². The van der Waals surface area contributed by atoms with Crippen LogP contribution in [0.2, 0.25) is 0 Å². The van der Waals surface area contributed by atoms with Crippen LogP contribution in [0.5, 0.6) is 11.5 Å². The van der Waals surface area contributed by atoms with E-state index in [0.717, 1.165) is 18.2 Å². The molecule has 0 fully saturated rings. The van der Waals surface area contributed by atoms with Gasteiger partial charge in [-0.2, -0.15) is 8.78 Å². The van der Waals surface area contributed by atoms with Crippen molar-refractivity contribution in [3.8, 4) is 11.5 Å². The number of nitro benzene ring substituents is 1. The van der Waals surface area contributed by atoms with Crippen LogP contribution >= 0.6 is 0 Å². The smallest absolute Gasteiger partial charge is 0.387 e. The molecule has 1 aromatic carbocycles. The third-order valence-corrected chi connectivity index (χ3v) is 3.31. The van der Waals surface area contributed by atoms with Gasteiger partial charge in [0.25, 0.3) is 5.69 Å². The summed E-state index contributed by atoms with van der Waals surface area (Å²) in [6.07, 6.45) is 3.84. The van der Waals surface area contributed by atoms with Gasteiger partial charge in [-0.3, -0.25) is 19.9 Å². The minimum Gasteiger partial charge on any atom is -0.493 e. The summed E-state index contributed by atoms with van der Waals surface area (Å²) in [6, 6.07) is 7.18. The molecule has 0 atom stereocenters. The second-order valence-corrected chi connectivity index (χ2v) is 5.07. The number of halogens is 2. The molecule has 0 aliphatic rings. The molecule has 0 saturated heterocycles. The number of carbonyl (C=O) groups is 1. The summed E-state index contributed by atoms with van der Waals surface area (Å²) in [6.45, 7) is -2.99. The molecule has 10 heteroatoms. The Bertz CT molecular complexity index is 844. The molecule has 0 bridgehead atoms. The number of pyridine rings is 1. The third kappa shape index (κ3) is 5.73. The fraction of sp³-hybridized carbons (Fsp3) is 0.176. The molecule has 142 valence electrons. The Kier molecular flexibility index (Phi) is 6.75. The Morgan fingerprint density at radius 3 is 2.74 bits per heavy atom. The zero-order valence-electron chi connectivity index (χ0n) is 14.1. The Morgan fingerprint density at radius 1 is 1.37 bits per heavy atom. The van der Waals surface area contributed by atoms with Crippen molar-refractivity contribution in [1.29, 1.82) is 0 Å². The van der Waals surface area contributed by atoms with Crippen LogP contribution in [0.1, 0.15) is 11.3 Å². The fourth-order valence-electron chi connectivity index (χ4n) is 2.11. The third-order valence-electron chi connectivity index (χ3n) is 3.31. The van der Waals surface area contributed by atoms with E-state index in [9.17, 15) is 23.7 Å². The van der Waals surface area contributed by atoms with Crippen molar-refractivity contribution in [2.45, 2.75) is 13.2 Å². The van der Waals surface area contributed by atoms with E-state index in [0.29, 0.717) is 5.69 Å². The van der Waals surface area contributed by atoms with Crippen LogP contribution in [0, 0.1) is 10.1 Å². The van der Waals surface area contributed by atoms with Crippen molar-refractivity contribution in [2.75, 3.05) is 7.11 Å². The van der Waals surface area contributed by atoms with Crippen LogP contribution in [0.15, 0.2) is 42.6 Å². The molecule has 0 unspecified atom stereocenters.